The SMILES string of the molecule is CCC(=NC)c1ccc(Cc2cc(C3CC(O)CC(CN=O)O3)ccc2C)cc1. The Morgan fingerprint density at radius 3 is 2.59 bits per heavy atom. The van der Waals surface area contributed by atoms with Crippen LogP contribution in [0.3, 0.4) is 0 Å². The number of aliphatic hydroxyl groups is 1. The Kier molecular flexibility index (Phi) is 7.29. The number of benzene rings is 2. The molecule has 2 aromatic rings. The van der Waals surface area contributed by atoms with Crippen LogP contribution in [0.25, 0.3) is 0 Å². The van der Waals surface area contributed by atoms with Crippen molar-refractivity contribution in [1.82, 2.24) is 0 Å². The standard InChI is InChI=1S/C24H30N2O3/c1-4-23(25-3)18-9-6-17(7-10-18)11-20-12-19(8-5-16(20)2)24-14-21(27)13-22(29-24)15-26-28/h5-10,12,21-22,24,27H,4,11,13-15H2,1-3H3. The molecule has 29 heavy (non-hydrogen) atoms. The van der Waals surface area contributed by atoms with Crippen LogP contribution in [0, 0.1) is 11.8 Å². The zero-order valence-corrected chi connectivity index (χ0v) is 17.5. The minimum atomic E-state index is -0.467. The molecule has 1 aliphatic heterocycles. The van der Waals surface area contributed by atoms with Crippen LogP contribution < -0.4 is 0 Å². The molecule has 1 saturated heterocycles. The second kappa shape index (κ2) is 9.90. The van der Waals surface area contributed by atoms with Crippen molar-refractivity contribution in [2.75, 3.05) is 13.6 Å². The summed E-state index contributed by atoms with van der Waals surface area (Å²) in [7, 11) is 1.83. The molecule has 1 aliphatic rings. The highest BCUT2D eigenvalue weighted by Crippen LogP contribution is 2.33. The van der Waals surface area contributed by atoms with Gasteiger partial charge in [-0.15, -0.1) is 0 Å². The molecule has 2 aromatic carbocycles. The Morgan fingerprint density at radius 1 is 1.17 bits per heavy atom. The minimum absolute atomic E-state index is 0.0828. The lowest BCUT2D eigenvalue weighted by Crippen LogP contribution is -2.33. The minimum Gasteiger partial charge on any atom is -0.393 e. The van der Waals surface area contributed by atoms with Crippen molar-refractivity contribution in [3.05, 3.63) is 75.2 Å². The number of aryl methyl sites for hydroxylation is 1. The van der Waals surface area contributed by atoms with Crippen molar-refractivity contribution >= 4 is 5.71 Å². The summed E-state index contributed by atoms with van der Waals surface area (Å²) in [6.45, 7) is 4.31. The molecule has 3 atom stereocenters. The molecule has 154 valence electrons. The van der Waals surface area contributed by atoms with Gasteiger partial charge < -0.3 is 9.84 Å². The second-order valence-electron chi connectivity index (χ2n) is 7.77. The van der Waals surface area contributed by atoms with E-state index < -0.39 is 6.10 Å². The summed E-state index contributed by atoms with van der Waals surface area (Å²) < 4.78 is 6.03. The fourth-order valence-corrected chi connectivity index (χ4v) is 4.01. The normalized spacial score (nSPS) is 22.5. The van der Waals surface area contributed by atoms with Gasteiger partial charge in [0.1, 0.15) is 6.54 Å². The smallest absolute Gasteiger partial charge is 0.107 e. The molecule has 3 unspecified atom stereocenters. The van der Waals surface area contributed by atoms with E-state index in [0.29, 0.717) is 12.8 Å². The van der Waals surface area contributed by atoms with Gasteiger partial charge in [-0.25, -0.2) is 0 Å². The van der Waals surface area contributed by atoms with Gasteiger partial charge in [0.25, 0.3) is 0 Å². The largest absolute Gasteiger partial charge is 0.393 e. The third kappa shape index (κ3) is 5.37. The number of hydrogen-bond donors (Lipinski definition) is 1. The van der Waals surface area contributed by atoms with E-state index in [1.807, 2.05) is 7.05 Å². The summed E-state index contributed by atoms with van der Waals surface area (Å²) in [5.41, 5.74) is 7.04. The Morgan fingerprint density at radius 2 is 1.93 bits per heavy atom. The van der Waals surface area contributed by atoms with Crippen molar-refractivity contribution in [2.24, 2.45) is 10.2 Å². The fraction of sp³-hybridized carbons (Fsp3) is 0.458. The molecule has 5 nitrogen and oxygen atoms in total. The van der Waals surface area contributed by atoms with Crippen LogP contribution in [0.5, 0.6) is 0 Å². The molecule has 0 spiro atoms. The number of hydrogen-bond acceptors (Lipinski definition) is 5. The first-order valence-corrected chi connectivity index (χ1v) is 10.3. The van der Waals surface area contributed by atoms with E-state index in [4.69, 9.17) is 4.74 Å². The molecule has 1 N–H and O–H groups in total. The van der Waals surface area contributed by atoms with Crippen molar-refractivity contribution < 1.29 is 9.84 Å². The number of ether oxygens (including phenoxy) is 1. The zero-order chi connectivity index (χ0) is 20.8. The molecule has 0 aliphatic carbocycles. The number of rotatable bonds is 7. The van der Waals surface area contributed by atoms with E-state index in [2.05, 4.69) is 66.5 Å². The van der Waals surface area contributed by atoms with Gasteiger partial charge in [-0.3, -0.25) is 4.99 Å². The summed E-state index contributed by atoms with van der Waals surface area (Å²) in [6.07, 6.45) is 1.78. The molecule has 0 amide bonds. The van der Waals surface area contributed by atoms with Gasteiger partial charge in [-0.2, -0.15) is 4.91 Å². The van der Waals surface area contributed by atoms with Crippen molar-refractivity contribution in [3.63, 3.8) is 0 Å². The van der Waals surface area contributed by atoms with Crippen LogP contribution in [-0.2, 0) is 11.2 Å². The molecule has 1 fully saturated rings. The topological polar surface area (TPSA) is 71.2 Å². The Balaban J connectivity index is 1.78. The molecule has 0 saturated carbocycles. The zero-order valence-electron chi connectivity index (χ0n) is 17.5. The van der Waals surface area contributed by atoms with E-state index in [1.54, 1.807) is 0 Å². The van der Waals surface area contributed by atoms with E-state index in [0.717, 1.165) is 24.1 Å². The van der Waals surface area contributed by atoms with Crippen LogP contribution in [0.4, 0.5) is 0 Å². The third-order valence-corrected chi connectivity index (χ3v) is 5.69. The monoisotopic (exact) mass is 394 g/mol. The molecule has 5 heteroatoms. The molecule has 0 bridgehead atoms. The lowest BCUT2D eigenvalue weighted by Gasteiger charge is -2.32. The van der Waals surface area contributed by atoms with Gasteiger partial charge >= 0.3 is 0 Å². The summed E-state index contributed by atoms with van der Waals surface area (Å²) in [5, 5.41) is 13.1. The molecular weight excluding hydrogens is 364 g/mol. The average Bonchev–Trinajstić information content (AvgIpc) is 2.71. The predicted molar refractivity (Wildman–Crippen MR) is 117 cm³/mol. The average molecular weight is 395 g/mol. The molecule has 1 heterocycles. The van der Waals surface area contributed by atoms with E-state index in [9.17, 15) is 10.0 Å². The summed E-state index contributed by atoms with van der Waals surface area (Å²) in [6, 6.07) is 14.9. The van der Waals surface area contributed by atoms with Gasteiger partial charge in [0.05, 0.1) is 18.3 Å². The summed E-state index contributed by atoms with van der Waals surface area (Å²) >= 11 is 0. The van der Waals surface area contributed by atoms with Gasteiger partial charge in [-0.1, -0.05) is 54.6 Å². The lowest BCUT2D eigenvalue weighted by molar-refractivity contribution is -0.0930. The number of nitrogens with zero attached hydrogens (tertiary/aromatic N) is 2. The van der Waals surface area contributed by atoms with Crippen LogP contribution in [0.2, 0.25) is 0 Å². The number of aliphatic hydroxyl groups excluding tert-OH is 1. The van der Waals surface area contributed by atoms with E-state index >= 15 is 0 Å². The van der Waals surface area contributed by atoms with E-state index in [-0.39, 0.29) is 18.8 Å². The Hall–Kier alpha value is -2.37. The first kappa shape index (κ1) is 21.3. The van der Waals surface area contributed by atoms with Crippen molar-refractivity contribution in [2.45, 2.75) is 57.8 Å². The fourth-order valence-electron chi connectivity index (χ4n) is 4.01. The maximum absolute atomic E-state index is 10.6. The Bertz CT molecular complexity index is 861. The molecule has 0 aromatic heterocycles. The number of aliphatic imine (C=N–C) groups is 1. The highest BCUT2D eigenvalue weighted by Gasteiger charge is 2.29. The summed E-state index contributed by atoms with van der Waals surface area (Å²) in [5.74, 6) is 0. The van der Waals surface area contributed by atoms with E-state index in [1.165, 1.54) is 22.3 Å². The van der Waals surface area contributed by atoms with Crippen LogP contribution in [0.15, 0.2) is 52.6 Å². The highest BCUT2D eigenvalue weighted by atomic mass is 16.5. The van der Waals surface area contributed by atoms with Gasteiger partial charge in [0.2, 0.25) is 0 Å². The van der Waals surface area contributed by atoms with Gasteiger partial charge in [0.15, 0.2) is 0 Å². The second-order valence-corrected chi connectivity index (χ2v) is 7.77. The lowest BCUT2D eigenvalue weighted by atomic mass is 9.92. The molecular formula is C24H30N2O3. The van der Waals surface area contributed by atoms with Crippen molar-refractivity contribution in [3.8, 4) is 0 Å². The molecule has 0 radical (unpaired) electrons. The quantitative estimate of drug-likeness (QED) is 0.543. The predicted octanol–water partition coefficient (Wildman–Crippen LogP) is 4.76. The van der Waals surface area contributed by atoms with Gasteiger partial charge in [0, 0.05) is 25.6 Å². The summed E-state index contributed by atoms with van der Waals surface area (Å²) in [4.78, 5) is 15.0. The highest BCUT2D eigenvalue weighted by molar-refractivity contribution is 6.00. The van der Waals surface area contributed by atoms with Crippen LogP contribution >= 0.6 is 0 Å². The first-order chi connectivity index (χ1) is 14.0. The maximum atomic E-state index is 10.6. The first-order valence-electron chi connectivity index (χ1n) is 10.3. The number of nitroso groups, excluding NO2 is 1. The van der Waals surface area contributed by atoms with Crippen molar-refractivity contribution in [1.29, 1.82) is 0 Å². The Labute approximate surface area is 172 Å². The molecule has 3 rings (SSSR count). The van der Waals surface area contributed by atoms with Crippen LogP contribution in [-0.4, -0.2) is 36.6 Å². The van der Waals surface area contributed by atoms with Crippen LogP contribution in [0.1, 0.15) is 60.1 Å². The van der Waals surface area contributed by atoms with Gasteiger partial charge in [-0.05, 0) is 47.6 Å². The maximum Gasteiger partial charge on any atom is 0.107 e. The third-order valence-electron chi connectivity index (χ3n) is 5.69.